The summed E-state index contributed by atoms with van der Waals surface area (Å²) >= 11 is 0. The van der Waals surface area contributed by atoms with Crippen LogP contribution in [-0.2, 0) is 9.59 Å². The number of pyridine rings is 1. The minimum atomic E-state index is -0.656. The molecule has 2 aliphatic rings. The second-order valence-corrected chi connectivity index (χ2v) is 10.0. The number of benzene rings is 1. The number of amides is 2. The number of rotatable bonds is 7. The predicted octanol–water partition coefficient (Wildman–Crippen LogP) is 4.22. The summed E-state index contributed by atoms with van der Waals surface area (Å²) < 4.78 is 5.68. The van der Waals surface area contributed by atoms with Gasteiger partial charge in [0, 0.05) is 48.7 Å². The smallest absolute Gasteiger partial charge is 0.247 e. The number of hydrogen-bond donors (Lipinski definition) is 1. The number of fused-ring (bicyclic) bond motifs is 1. The van der Waals surface area contributed by atoms with E-state index in [1.165, 1.54) is 0 Å². The molecule has 2 aliphatic heterocycles. The Labute approximate surface area is 221 Å². The number of Topliss-reactive ketones (excluding diaryl/α,β-unsaturated/α-hetero) is 1. The highest BCUT2D eigenvalue weighted by Gasteiger charge is 2.30. The molecule has 2 aromatic heterocycles. The zero-order valence-electron chi connectivity index (χ0n) is 21.7. The highest BCUT2D eigenvalue weighted by atomic mass is 16.3. The van der Waals surface area contributed by atoms with Crippen molar-refractivity contribution in [1.29, 1.82) is 0 Å². The first-order valence-corrected chi connectivity index (χ1v) is 13.3. The molecule has 0 aliphatic carbocycles. The van der Waals surface area contributed by atoms with Crippen molar-refractivity contribution in [3.63, 3.8) is 0 Å². The molecule has 9 nitrogen and oxygen atoms in total. The third-order valence-electron chi connectivity index (χ3n) is 7.11. The number of amidine groups is 1. The molecule has 0 unspecified atom stereocenters. The maximum Gasteiger partial charge on any atom is 0.247 e. The van der Waals surface area contributed by atoms with Crippen molar-refractivity contribution < 1.29 is 18.8 Å². The van der Waals surface area contributed by atoms with Crippen LogP contribution >= 0.6 is 0 Å². The largest absolute Gasteiger partial charge is 0.461 e. The van der Waals surface area contributed by atoms with Crippen molar-refractivity contribution in [3.8, 4) is 0 Å². The summed E-state index contributed by atoms with van der Waals surface area (Å²) in [6.07, 6.45) is 7.40. The second kappa shape index (κ2) is 11.6. The van der Waals surface area contributed by atoms with Crippen LogP contribution in [-0.4, -0.2) is 70.4 Å². The zero-order chi connectivity index (χ0) is 26.5. The van der Waals surface area contributed by atoms with Gasteiger partial charge in [-0.3, -0.25) is 24.4 Å². The van der Waals surface area contributed by atoms with Gasteiger partial charge in [0.1, 0.15) is 23.2 Å². The van der Waals surface area contributed by atoms with Gasteiger partial charge in [-0.2, -0.15) is 0 Å². The molecule has 1 atom stereocenters. The van der Waals surface area contributed by atoms with E-state index in [9.17, 15) is 14.4 Å². The molecule has 3 aromatic rings. The summed E-state index contributed by atoms with van der Waals surface area (Å²) in [4.78, 5) is 51.7. The van der Waals surface area contributed by atoms with Crippen molar-refractivity contribution in [1.82, 2.24) is 14.8 Å². The summed E-state index contributed by atoms with van der Waals surface area (Å²) in [6, 6.07) is 10.3. The van der Waals surface area contributed by atoms with E-state index in [2.05, 4.69) is 10.3 Å². The average Bonchev–Trinajstić information content (AvgIpc) is 3.55. The predicted molar refractivity (Wildman–Crippen MR) is 145 cm³/mol. The molecule has 1 aromatic carbocycles. The number of aryl methyl sites for hydroxylation is 1. The minimum Gasteiger partial charge on any atom is -0.461 e. The Kier molecular flexibility index (Phi) is 7.81. The first-order chi connectivity index (χ1) is 18.5. The van der Waals surface area contributed by atoms with Gasteiger partial charge in [-0.15, -0.1) is 0 Å². The van der Waals surface area contributed by atoms with Crippen LogP contribution in [0.5, 0.6) is 0 Å². The second-order valence-electron chi connectivity index (χ2n) is 10.0. The third-order valence-corrected chi connectivity index (χ3v) is 7.11. The molecule has 0 saturated carbocycles. The number of furan rings is 1. The molecule has 1 N–H and O–H groups in total. The lowest BCUT2D eigenvalue weighted by molar-refractivity contribution is -0.140. The number of nitrogens with zero attached hydrogens (tertiary/aromatic N) is 4. The first-order valence-electron chi connectivity index (χ1n) is 13.3. The molecule has 2 amide bonds. The van der Waals surface area contributed by atoms with E-state index in [1.807, 2.05) is 36.1 Å². The lowest BCUT2D eigenvalue weighted by Gasteiger charge is -2.25. The Morgan fingerprint density at radius 1 is 1.05 bits per heavy atom. The Balaban J connectivity index is 1.39. The normalized spacial score (nSPS) is 18.6. The van der Waals surface area contributed by atoms with Gasteiger partial charge in [0.25, 0.3) is 0 Å². The van der Waals surface area contributed by atoms with Crippen LogP contribution in [0, 0.1) is 6.92 Å². The SMILES string of the molecule is Cc1cc2cc(NC(CC(=O)c3ccncc3)=N[C@H]3CCCCN(CC(=O)N4CCCC4)C3=O)ccc2o1. The number of carbonyl (C=O) groups is 3. The number of aromatic nitrogens is 1. The van der Waals surface area contributed by atoms with E-state index < -0.39 is 6.04 Å². The monoisotopic (exact) mass is 515 g/mol. The number of ketones is 1. The number of anilines is 1. The average molecular weight is 516 g/mol. The van der Waals surface area contributed by atoms with E-state index in [0.29, 0.717) is 24.4 Å². The van der Waals surface area contributed by atoms with Gasteiger partial charge >= 0.3 is 0 Å². The highest BCUT2D eigenvalue weighted by Crippen LogP contribution is 2.24. The maximum atomic E-state index is 13.5. The lowest BCUT2D eigenvalue weighted by atomic mass is 10.1. The number of hydrogen-bond acceptors (Lipinski definition) is 6. The summed E-state index contributed by atoms with van der Waals surface area (Å²) in [5.74, 6) is 0.937. The molecule has 9 heteroatoms. The van der Waals surface area contributed by atoms with E-state index in [0.717, 1.165) is 61.2 Å². The van der Waals surface area contributed by atoms with Crippen LogP contribution in [0.3, 0.4) is 0 Å². The molecule has 0 radical (unpaired) electrons. The standard InChI is InChI=1S/C29H33N5O4/c1-20-16-22-17-23(7-8-26(22)38-20)31-27(18-25(35)21-9-11-30-12-10-21)32-24-6-2-3-15-34(29(24)37)19-28(36)33-13-4-5-14-33/h7-12,16-17,24H,2-6,13-15,18-19H2,1H3,(H,31,32)/t24-/m0/s1. The Morgan fingerprint density at radius 3 is 2.61 bits per heavy atom. The Hall–Kier alpha value is -4.01. The number of nitrogens with one attached hydrogen (secondary N) is 1. The minimum absolute atomic E-state index is 0.00293. The number of aliphatic imine (C=N–C) groups is 1. The molecule has 4 heterocycles. The summed E-state index contributed by atoms with van der Waals surface area (Å²) in [7, 11) is 0. The fraction of sp³-hybridized carbons (Fsp3) is 0.414. The molecule has 0 bridgehead atoms. The topological polar surface area (TPSA) is 108 Å². The van der Waals surface area contributed by atoms with Crippen molar-refractivity contribution in [3.05, 3.63) is 60.1 Å². The zero-order valence-corrected chi connectivity index (χ0v) is 21.7. The third kappa shape index (κ3) is 6.10. The molecule has 198 valence electrons. The summed E-state index contributed by atoms with van der Waals surface area (Å²) in [5.41, 5.74) is 2.05. The molecule has 0 spiro atoms. The van der Waals surface area contributed by atoms with E-state index >= 15 is 0 Å². The fourth-order valence-corrected chi connectivity index (χ4v) is 5.11. The van der Waals surface area contributed by atoms with Crippen molar-refractivity contribution in [2.24, 2.45) is 4.99 Å². The van der Waals surface area contributed by atoms with Gasteiger partial charge in [-0.1, -0.05) is 0 Å². The van der Waals surface area contributed by atoms with Crippen molar-refractivity contribution in [2.45, 2.75) is 51.5 Å². The summed E-state index contributed by atoms with van der Waals surface area (Å²) in [6.45, 7) is 4.04. The molecule has 5 rings (SSSR count). The molecular weight excluding hydrogens is 482 g/mol. The number of carbonyl (C=O) groups excluding carboxylic acids is 3. The molecular formula is C29H33N5O4. The van der Waals surface area contributed by atoms with Crippen LogP contribution in [0.4, 0.5) is 5.69 Å². The van der Waals surface area contributed by atoms with Crippen LogP contribution in [0.15, 0.2) is 58.2 Å². The van der Waals surface area contributed by atoms with Crippen LogP contribution in [0.2, 0.25) is 0 Å². The van der Waals surface area contributed by atoms with Crippen LogP contribution < -0.4 is 5.32 Å². The van der Waals surface area contributed by atoms with Crippen molar-refractivity contribution in [2.75, 3.05) is 31.5 Å². The summed E-state index contributed by atoms with van der Waals surface area (Å²) in [5, 5.41) is 4.23. The first kappa shape index (κ1) is 25.6. The van der Waals surface area contributed by atoms with Gasteiger partial charge in [0.05, 0.1) is 13.0 Å². The van der Waals surface area contributed by atoms with Gasteiger partial charge in [0.2, 0.25) is 11.8 Å². The lowest BCUT2D eigenvalue weighted by Crippen LogP contribution is -2.45. The quantitative estimate of drug-likeness (QED) is 0.287. The van der Waals surface area contributed by atoms with E-state index in [1.54, 1.807) is 29.4 Å². The van der Waals surface area contributed by atoms with Gasteiger partial charge in [-0.05, 0) is 75.4 Å². The number of likely N-dealkylation sites (tertiary alicyclic amines) is 2. The van der Waals surface area contributed by atoms with Crippen LogP contribution in [0.1, 0.15) is 54.6 Å². The van der Waals surface area contributed by atoms with Crippen molar-refractivity contribution >= 4 is 40.1 Å². The van der Waals surface area contributed by atoms with Gasteiger partial charge in [-0.25, -0.2) is 0 Å². The molecule has 2 fully saturated rings. The van der Waals surface area contributed by atoms with Gasteiger partial charge < -0.3 is 19.5 Å². The maximum absolute atomic E-state index is 13.5. The van der Waals surface area contributed by atoms with E-state index in [4.69, 9.17) is 9.41 Å². The Morgan fingerprint density at radius 2 is 1.82 bits per heavy atom. The molecule has 38 heavy (non-hydrogen) atoms. The molecule has 2 saturated heterocycles. The van der Waals surface area contributed by atoms with Crippen LogP contribution in [0.25, 0.3) is 11.0 Å². The Bertz CT molecular complexity index is 1340. The van der Waals surface area contributed by atoms with Gasteiger partial charge in [0.15, 0.2) is 5.78 Å². The fourth-order valence-electron chi connectivity index (χ4n) is 5.11. The van der Waals surface area contributed by atoms with E-state index in [-0.39, 0.29) is 30.6 Å². The highest BCUT2D eigenvalue weighted by molar-refractivity contribution is 6.13.